The van der Waals surface area contributed by atoms with Crippen LogP contribution in [0.5, 0.6) is 11.5 Å². The summed E-state index contributed by atoms with van der Waals surface area (Å²) in [6.07, 6.45) is 7.50. The molecule has 0 bridgehead atoms. The van der Waals surface area contributed by atoms with Crippen molar-refractivity contribution in [1.29, 1.82) is 0 Å². The number of rotatable bonds is 20. The third kappa shape index (κ3) is 17.3. The van der Waals surface area contributed by atoms with Crippen molar-refractivity contribution in [2.45, 2.75) is 134 Å². The number of carbonyl (C=O) groups is 2. The average Bonchev–Trinajstić information content (AvgIpc) is 4.11. The molecule has 0 aliphatic carbocycles. The highest BCUT2D eigenvalue weighted by molar-refractivity contribution is 14.1. The average molecular weight is 1240 g/mol. The molecule has 21 heteroatoms. The number of fused-ring (bicyclic) bond motifs is 2. The molecule has 6 atom stereocenters. The van der Waals surface area contributed by atoms with Crippen molar-refractivity contribution in [3.63, 3.8) is 0 Å². The minimum Gasteiger partial charge on any atom is -0.493 e. The van der Waals surface area contributed by atoms with E-state index in [4.69, 9.17) is 9.47 Å². The molecule has 6 aromatic rings. The number of hydrogen-bond acceptors (Lipinski definition) is 10. The first-order chi connectivity index (χ1) is 37.9. The SMILES string of the molecule is CC(=O)N[C@@H](Cc1cc(F)cc(F)c1)[C@H](O)CN[C@H]1CCOc2ccc(-c3cc[nH]c3)cc21.CC(=O)N[C@@H](Cc1cc(F)cc(F)c1)[C@H](O)CN[C@H]1CCOc2ccc(I)cc21.CC(C)[Si](C(C)C)(C(C)C)n1ccc(B(O)O)c1. The zero-order valence-corrected chi connectivity index (χ0v) is 49.7. The molecule has 4 aromatic carbocycles. The summed E-state index contributed by atoms with van der Waals surface area (Å²) < 4.78 is 69.0. The van der Waals surface area contributed by atoms with Gasteiger partial charge in [0.25, 0.3) is 0 Å². The normalized spacial score (nSPS) is 16.4. The maximum absolute atomic E-state index is 13.6. The summed E-state index contributed by atoms with van der Waals surface area (Å²) in [5, 5.41) is 52.2. The Kier molecular flexibility index (Phi) is 23.4. The predicted octanol–water partition coefficient (Wildman–Crippen LogP) is 8.76. The summed E-state index contributed by atoms with van der Waals surface area (Å²) in [5.41, 5.74) is 7.27. The summed E-state index contributed by atoms with van der Waals surface area (Å²) in [4.78, 5) is 26.3. The Morgan fingerprint density at radius 1 is 0.675 bits per heavy atom. The van der Waals surface area contributed by atoms with Crippen LogP contribution in [-0.2, 0) is 22.4 Å². The number of halogens is 5. The molecule has 432 valence electrons. The molecule has 9 N–H and O–H groups in total. The van der Waals surface area contributed by atoms with Crippen LogP contribution in [-0.4, -0.2) is 107 Å². The standard InChI is InChI=1S/C25H27F2N3O3.C21H23F2IN2O3.C13H26BNO2Si/c1-15(31)30-23(10-16-8-19(26)12-20(27)9-16)24(32)14-29-22-5-7-33-25-3-2-17(11-21(22)25)18-4-6-28-13-18;1-12(27)26-19(8-13-6-14(22)9-15(23)7-13)20(28)11-25-18-4-5-29-21-3-2-16(24)10-17(18)21;1-10(2)18(11(3)4,12(5)6)15-8-7-13(9-15)14(16)17/h2-4,6,8-9,11-13,22-24,28-29,32H,5,7,10,14H2,1H3,(H,30,31);2-3,6-7,9-10,18-20,25,28H,4-5,8,11H2,1H3,(H,26,27);7-12,16-17H,1-6H3/t22-,23-,24+;18-,19-,20+;/m00./s1. The molecule has 4 heterocycles. The second kappa shape index (κ2) is 29.4. The number of aromatic amines is 1. The van der Waals surface area contributed by atoms with Gasteiger partial charge >= 0.3 is 7.12 Å². The molecular formula is C59H76BF4IN6O8Si. The number of H-pyrrole nitrogens is 1. The number of nitrogens with zero attached hydrogens (tertiary/aromatic N) is 1. The number of aromatic nitrogens is 2. The molecule has 0 saturated carbocycles. The van der Waals surface area contributed by atoms with Gasteiger partial charge in [0.15, 0.2) is 8.24 Å². The lowest BCUT2D eigenvalue weighted by Crippen LogP contribution is -2.51. The topological polar surface area (TPSA) is 202 Å². The van der Waals surface area contributed by atoms with Gasteiger partial charge in [0, 0.05) is 91.1 Å². The van der Waals surface area contributed by atoms with Crippen LogP contribution in [0.2, 0.25) is 16.6 Å². The minimum atomic E-state index is -1.73. The van der Waals surface area contributed by atoms with E-state index < -0.39 is 62.9 Å². The van der Waals surface area contributed by atoms with Crippen LogP contribution in [0.3, 0.4) is 0 Å². The fraction of sp³-hybridized carbons (Fsp3) is 0.424. The van der Waals surface area contributed by atoms with E-state index in [1.807, 2.05) is 67.3 Å². The maximum atomic E-state index is 13.6. The highest BCUT2D eigenvalue weighted by Crippen LogP contribution is 2.42. The highest BCUT2D eigenvalue weighted by atomic mass is 127. The van der Waals surface area contributed by atoms with Gasteiger partial charge in [-0.2, -0.15) is 0 Å². The van der Waals surface area contributed by atoms with Crippen LogP contribution in [0.1, 0.15) is 103 Å². The van der Waals surface area contributed by atoms with E-state index in [-0.39, 0.29) is 49.8 Å². The van der Waals surface area contributed by atoms with Gasteiger partial charge in [-0.1, -0.05) is 47.6 Å². The van der Waals surface area contributed by atoms with Crippen molar-refractivity contribution in [3.05, 3.63) is 159 Å². The van der Waals surface area contributed by atoms with Crippen molar-refractivity contribution in [1.82, 2.24) is 30.5 Å². The predicted molar refractivity (Wildman–Crippen MR) is 315 cm³/mol. The van der Waals surface area contributed by atoms with Crippen molar-refractivity contribution in [2.75, 3.05) is 26.3 Å². The van der Waals surface area contributed by atoms with Crippen LogP contribution in [0.4, 0.5) is 17.6 Å². The Morgan fingerprint density at radius 2 is 1.14 bits per heavy atom. The fourth-order valence-corrected chi connectivity index (χ4v) is 18.4. The van der Waals surface area contributed by atoms with Crippen LogP contribution < -0.4 is 36.2 Å². The molecule has 2 aliphatic heterocycles. The monoisotopic (exact) mass is 1240 g/mol. The molecule has 14 nitrogen and oxygen atoms in total. The number of ether oxygens (including phenoxy) is 2. The van der Waals surface area contributed by atoms with Gasteiger partial charge in [-0.25, -0.2) is 17.6 Å². The molecule has 0 spiro atoms. The van der Waals surface area contributed by atoms with Crippen molar-refractivity contribution >= 4 is 55.2 Å². The third-order valence-electron chi connectivity index (χ3n) is 14.8. The second-order valence-corrected chi connectivity index (χ2v) is 28.5. The van der Waals surface area contributed by atoms with E-state index in [1.165, 1.54) is 38.1 Å². The second-order valence-electron chi connectivity index (χ2n) is 21.5. The Morgan fingerprint density at radius 3 is 1.55 bits per heavy atom. The first-order valence-corrected chi connectivity index (χ1v) is 30.3. The summed E-state index contributed by atoms with van der Waals surface area (Å²) >= 11 is 2.24. The van der Waals surface area contributed by atoms with Gasteiger partial charge < -0.3 is 60.2 Å². The van der Waals surface area contributed by atoms with Gasteiger partial charge in [-0.3, -0.25) is 9.59 Å². The quantitative estimate of drug-likeness (QED) is 0.0202. The van der Waals surface area contributed by atoms with Gasteiger partial charge in [0.05, 0.1) is 37.5 Å². The van der Waals surface area contributed by atoms with Crippen molar-refractivity contribution < 1.29 is 56.9 Å². The third-order valence-corrected chi connectivity index (χ3v) is 22.2. The van der Waals surface area contributed by atoms with Crippen molar-refractivity contribution in [3.8, 4) is 22.6 Å². The zero-order valence-electron chi connectivity index (χ0n) is 46.6. The Labute approximate surface area is 481 Å². The van der Waals surface area contributed by atoms with E-state index in [9.17, 15) is 47.4 Å². The molecule has 0 fully saturated rings. The zero-order chi connectivity index (χ0) is 58.4. The van der Waals surface area contributed by atoms with Crippen LogP contribution in [0.15, 0.2) is 110 Å². The lowest BCUT2D eigenvalue weighted by molar-refractivity contribution is -0.121. The van der Waals surface area contributed by atoms with Gasteiger partial charge in [0.2, 0.25) is 11.8 Å². The lowest BCUT2D eigenvalue weighted by Gasteiger charge is -2.44. The number of carbonyl (C=O) groups excluding carboxylic acids is 2. The fourth-order valence-electron chi connectivity index (χ4n) is 11.4. The van der Waals surface area contributed by atoms with Crippen LogP contribution in [0, 0.1) is 26.8 Å². The van der Waals surface area contributed by atoms with Gasteiger partial charge in [0.1, 0.15) is 34.8 Å². The van der Waals surface area contributed by atoms with Gasteiger partial charge in [-0.15, -0.1) is 0 Å². The van der Waals surface area contributed by atoms with E-state index in [0.29, 0.717) is 46.4 Å². The molecule has 80 heavy (non-hydrogen) atoms. The molecule has 2 aromatic heterocycles. The molecule has 2 aliphatic rings. The first kappa shape index (κ1) is 63.7. The summed E-state index contributed by atoms with van der Waals surface area (Å²) in [6, 6.07) is 20.7. The van der Waals surface area contributed by atoms with E-state index in [0.717, 1.165) is 62.3 Å². The Balaban J connectivity index is 0.000000202. The molecular weight excluding hydrogens is 1160 g/mol. The smallest absolute Gasteiger partial charge is 0.489 e. The first-order valence-electron chi connectivity index (χ1n) is 27.1. The van der Waals surface area contributed by atoms with E-state index >= 15 is 0 Å². The number of aliphatic hydroxyl groups excluding tert-OH is 2. The number of nitrogens with one attached hydrogen (secondary N) is 5. The van der Waals surface area contributed by atoms with Crippen molar-refractivity contribution in [2.24, 2.45) is 0 Å². The molecule has 8 rings (SSSR count). The molecule has 0 saturated heterocycles. The van der Waals surface area contributed by atoms with Crippen LogP contribution >= 0.6 is 22.6 Å². The van der Waals surface area contributed by atoms with Crippen LogP contribution in [0.25, 0.3) is 11.1 Å². The lowest BCUT2D eigenvalue weighted by atomic mass is 9.83. The summed E-state index contributed by atoms with van der Waals surface area (Å²) in [7, 11) is -3.11. The van der Waals surface area contributed by atoms with Gasteiger partial charge in [-0.05, 0) is 159 Å². The number of amides is 2. The largest absolute Gasteiger partial charge is 0.493 e. The Bertz CT molecular complexity index is 2910. The number of aliphatic hydroxyl groups is 2. The number of benzene rings is 4. The summed E-state index contributed by atoms with van der Waals surface area (Å²) in [6.45, 7) is 17.9. The van der Waals surface area contributed by atoms with E-state index in [1.54, 1.807) is 0 Å². The molecule has 2 amide bonds. The molecule has 0 unspecified atom stereocenters. The molecule has 0 radical (unpaired) electrons. The minimum absolute atomic E-state index is 0.00714. The summed E-state index contributed by atoms with van der Waals surface area (Å²) in [5.74, 6) is -1.82. The number of hydrogen-bond donors (Lipinski definition) is 9. The highest BCUT2D eigenvalue weighted by Gasteiger charge is 2.45. The Hall–Kier alpha value is -5.53. The maximum Gasteiger partial charge on any atom is 0.489 e. The van der Waals surface area contributed by atoms with E-state index in [2.05, 4.69) is 101 Å².